The lowest BCUT2D eigenvalue weighted by atomic mass is 9.91. The van der Waals surface area contributed by atoms with Gasteiger partial charge in [-0.05, 0) is 68.1 Å². The van der Waals surface area contributed by atoms with Crippen LogP contribution in [0.25, 0.3) is 11.3 Å². The molecule has 5 rings (SSSR count). The molecule has 2 aromatic rings. The number of hydrogen-bond acceptors (Lipinski definition) is 7. The van der Waals surface area contributed by atoms with Crippen molar-refractivity contribution in [1.29, 1.82) is 0 Å². The fourth-order valence-corrected chi connectivity index (χ4v) is 5.66. The first-order chi connectivity index (χ1) is 17.5. The Morgan fingerprint density at radius 1 is 1.28 bits per heavy atom. The highest BCUT2D eigenvalue weighted by molar-refractivity contribution is 6.33. The number of carbonyl (C=O) groups is 1. The van der Waals surface area contributed by atoms with E-state index in [2.05, 4.69) is 25.9 Å². The van der Waals surface area contributed by atoms with Gasteiger partial charge in [0.1, 0.15) is 12.4 Å². The van der Waals surface area contributed by atoms with Gasteiger partial charge < -0.3 is 25.4 Å². The molecule has 2 unspecified atom stereocenters. The number of hydrogen-bond donors (Lipinski definition) is 3. The predicted molar refractivity (Wildman–Crippen MR) is 137 cm³/mol. The van der Waals surface area contributed by atoms with E-state index in [9.17, 15) is 9.18 Å². The van der Waals surface area contributed by atoms with Crippen molar-refractivity contribution in [2.24, 2.45) is 11.3 Å². The van der Waals surface area contributed by atoms with E-state index in [0.717, 1.165) is 51.7 Å². The van der Waals surface area contributed by atoms with Gasteiger partial charge >= 0.3 is 0 Å². The number of carbonyl (C=O) groups excluding carboxylic acids is 1. The number of anilines is 2. The van der Waals surface area contributed by atoms with Gasteiger partial charge in [-0.1, -0.05) is 11.6 Å². The molecule has 10 heteroatoms. The van der Waals surface area contributed by atoms with Crippen LogP contribution in [0.3, 0.4) is 0 Å². The average molecular weight is 518 g/mol. The van der Waals surface area contributed by atoms with Crippen molar-refractivity contribution < 1.29 is 18.7 Å². The maximum atomic E-state index is 14.6. The molecule has 194 valence electrons. The van der Waals surface area contributed by atoms with Crippen LogP contribution >= 0.6 is 11.6 Å². The van der Waals surface area contributed by atoms with Crippen LogP contribution < -0.4 is 16.0 Å². The van der Waals surface area contributed by atoms with Crippen molar-refractivity contribution in [2.75, 3.05) is 44.1 Å². The Morgan fingerprint density at radius 2 is 2.08 bits per heavy atom. The summed E-state index contributed by atoms with van der Waals surface area (Å²) in [7, 11) is 1.52. The number of aromatic nitrogens is 2. The predicted octanol–water partition coefficient (Wildman–Crippen LogP) is 4.26. The quantitative estimate of drug-likeness (QED) is 0.457. The minimum atomic E-state index is -0.378. The third-order valence-corrected chi connectivity index (χ3v) is 8.03. The highest BCUT2D eigenvalue weighted by Crippen LogP contribution is 2.57. The molecule has 8 nitrogen and oxygen atoms in total. The summed E-state index contributed by atoms with van der Waals surface area (Å²) in [6, 6.07) is 5.35. The molecule has 3 heterocycles. The van der Waals surface area contributed by atoms with Gasteiger partial charge in [0.05, 0.1) is 10.7 Å². The molecule has 2 aliphatic carbocycles. The van der Waals surface area contributed by atoms with E-state index in [0.29, 0.717) is 34.6 Å². The van der Waals surface area contributed by atoms with Crippen molar-refractivity contribution in [3.8, 4) is 11.3 Å². The van der Waals surface area contributed by atoms with Gasteiger partial charge in [0.25, 0.3) is 0 Å². The Kier molecular flexibility index (Phi) is 7.60. The van der Waals surface area contributed by atoms with Crippen LogP contribution in [0.2, 0.25) is 5.02 Å². The highest BCUT2D eigenvalue weighted by atomic mass is 35.5. The van der Waals surface area contributed by atoms with Crippen LogP contribution in [0.4, 0.5) is 16.0 Å². The van der Waals surface area contributed by atoms with Crippen LogP contribution in [0.1, 0.15) is 38.5 Å². The molecule has 3 N–H and O–H groups in total. The number of pyridine rings is 2. The average Bonchev–Trinajstić information content (AvgIpc) is 3.61. The summed E-state index contributed by atoms with van der Waals surface area (Å²) < 4.78 is 25.0. The molecule has 1 saturated heterocycles. The first-order valence-electron chi connectivity index (χ1n) is 12.6. The maximum Gasteiger partial charge on any atom is 0.246 e. The molecule has 2 saturated carbocycles. The van der Waals surface area contributed by atoms with Gasteiger partial charge in [-0.3, -0.25) is 4.79 Å². The van der Waals surface area contributed by atoms with Crippen LogP contribution in [-0.4, -0.2) is 61.4 Å². The van der Waals surface area contributed by atoms with Crippen molar-refractivity contribution in [3.63, 3.8) is 0 Å². The number of ether oxygens (including phenoxy) is 2. The lowest BCUT2D eigenvalue weighted by Gasteiger charge is -2.30. The van der Waals surface area contributed by atoms with Gasteiger partial charge in [-0.2, -0.15) is 0 Å². The third kappa shape index (κ3) is 5.74. The van der Waals surface area contributed by atoms with E-state index in [1.807, 2.05) is 6.07 Å². The SMILES string of the molecule is COCC(=O)N[C@H]1CC[C@H](Nc2cc(-c3ccc(F)c(NCC45CCOCC4C5)n3)c(Cl)cn2)CC1. The summed E-state index contributed by atoms with van der Waals surface area (Å²) in [5.41, 5.74) is 1.50. The summed E-state index contributed by atoms with van der Waals surface area (Å²) in [6.45, 7) is 2.34. The highest BCUT2D eigenvalue weighted by Gasteiger charge is 2.55. The minimum Gasteiger partial charge on any atom is -0.381 e. The minimum absolute atomic E-state index is 0.0806. The number of nitrogens with one attached hydrogen (secondary N) is 3. The molecule has 2 atom stereocenters. The first-order valence-corrected chi connectivity index (χ1v) is 13.0. The standard InChI is InChI=1S/C26H33ClFN5O3/c1-35-14-24(34)32-18-4-2-17(3-5-18)31-23-10-19(20(27)12-29-23)22-7-6-21(28)25(33-22)30-15-26-8-9-36-13-16(26)11-26/h6-7,10,12,16-18H,2-5,8-9,11,13-15H2,1H3,(H,29,31)(H,30,33)(H,32,34)/t16?,17-,18-,26?. The Labute approximate surface area is 215 Å². The monoisotopic (exact) mass is 517 g/mol. The van der Waals surface area contributed by atoms with Crippen molar-refractivity contribution >= 4 is 29.1 Å². The van der Waals surface area contributed by atoms with E-state index in [1.54, 1.807) is 12.3 Å². The number of fused-ring (bicyclic) bond motifs is 1. The number of methoxy groups -OCH3 is 1. The molecule has 3 aliphatic rings. The van der Waals surface area contributed by atoms with Gasteiger partial charge in [0.2, 0.25) is 5.91 Å². The van der Waals surface area contributed by atoms with Crippen LogP contribution in [0.15, 0.2) is 24.4 Å². The second-order valence-electron chi connectivity index (χ2n) is 10.2. The van der Waals surface area contributed by atoms with E-state index in [4.69, 9.17) is 21.1 Å². The maximum absolute atomic E-state index is 14.6. The zero-order valence-electron chi connectivity index (χ0n) is 20.5. The Hall–Kier alpha value is -2.49. The molecule has 0 bridgehead atoms. The molecule has 0 spiro atoms. The summed E-state index contributed by atoms with van der Waals surface area (Å²) in [6.07, 6.45) is 7.31. The molecule has 0 radical (unpaired) electrons. The Bertz CT molecular complexity index is 1100. The fraction of sp³-hybridized carbons (Fsp3) is 0.577. The van der Waals surface area contributed by atoms with Crippen LogP contribution in [0, 0.1) is 17.2 Å². The summed E-state index contributed by atoms with van der Waals surface area (Å²) in [4.78, 5) is 20.8. The van der Waals surface area contributed by atoms with E-state index in [-0.39, 0.29) is 41.6 Å². The Morgan fingerprint density at radius 3 is 2.86 bits per heavy atom. The van der Waals surface area contributed by atoms with Crippen molar-refractivity contribution in [3.05, 3.63) is 35.2 Å². The van der Waals surface area contributed by atoms with E-state index < -0.39 is 0 Å². The summed E-state index contributed by atoms with van der Waals surface area (Å²) >= 11 is 6.48. The number of nitrogens with zero attached hydrogens (tertiary/aromatic N) is 2. The fourth-order valence-electron chi connectivity index (χ4n) is 5.46. The zero-order valence-corrected chi connectivity index (χ0v) is 21.2. The van der Waals surface area contributed by atoms with Crippen molar-refractivity contribution in [1.82, 2.24) is 15.3 Å². The first kappa shape index (κ1) is 25.2. The molecule has 1 aliphatic heterocycles. The smallest absolute Gasteiger partial charge is 0.246 e. The lowest BCUT2D eigenvalue weighted by molar-refractivity contribution is -0.125. The third-order valence-electron chi connectivity index (χ3n) is 7.73. The molecule has 3 fully saturated rings. The number of rotatable bonds is 9. The van der Waals surface area contributed by atoms with E-state index >= 15 is 0 Å². The topological polar surface area (TPSA) is 97.4 Å². The molecule has 1 amide bonds. The van der Waals surface area contributed by atoms with Gasteiger partial charge in [-0.25, -0.2) is 14.4 Å². The Balaban J connectivity index is 1.22. The van der Waals surface area contributed by atoms with Gasteiger partial charge in [-0.15, -0.1) is 0 Å². The van der Waals surface area contributed by atoms with E-state index in [1.165, 1.54) is 13.2 Å². The normalized spacial score (nSPS) is 27.1. The van der Waals surface area contributed by atoms with Gasteiger partial charge in [0, 0.05) is 50.7 Å². The molecule has 2 aromatic heterocycles. The number of amides is 1. The molecule has 36 heavy (non-hydrogen) atoms. The summed E-state index contributed by atoms with van der Waals surface area (Å²) in [5.74, 6) is 1.05. The van der Waals surface area contributed by atoms with Crippen LogP contribution in [0.5, 0.6) is 0 Å². The molecular formula is C26H33ClFN5O3. The largest absolute Gasteiger partial charge is 0.381 e. The van der Waals surface area contributed by atoms with Crippen LogP contribution in [-0.2, 0) is 14.3 Å². The second-order valence-corrected chi connectivity index (χ2v) is 10.6. The summed E-state index contributed by atoms with van der Waals surface area (Å²) in [5, 5.41) is 10.2. The zero-order chi connectivity index (χ0) is 25.1. The van der Waals surface area contributed by atoms with Crippen molar-refractivity contribution in [2.45, 2.75) is 50.6 Å². The molecule has 0 aromatic carbocycles. The molecular weight excluding hydrogens is 485 g/mol. The lowest BCUT2D eigenvalue weighted by Crippen LogP contribution is -2.41. The number of halogens is 2. The van der Waals surface area contributed by atoms with Gasteiger partial charge in [0.15, 0.2) is 11.6 Å². The second kappa shape index (κ2) is 10.9.